The number of hydrogen-bond acceptors (Lipinski definition) is 6. The number of aromatic amines is 1. The van der Waals surface area contributed by atoms with Gasteiger partial charge in [-0.25, -0.2) is 4.98 Å². The predicted molar refractivity (Wildman–Crippen MR) is 121 cm³/mol. The van der Waals surface area contributed by atoms with Crippen molar-refractivity contribution in [1.82, 2.24) is 25.4 Å². The molecule has 158 valence electrons. The highest BCUT2D eigenvalue weighted by molar-refractivity contribution is 7.17. The maximum Gasteiger partial charge on any atom is 0.272 e. The Balaban J connectivity index is 0.00000193. The maximum atomic E-state index is 13.4. The number of halogens is 1. The number of aryl methyl sites for hydroxylation is 1. The zero-order chi connectivity index (χ0) is 19.5. The third-order valence-electron chi connectivity index (χ3n) is 6.41. The first-order valence-corrected chi connectivity index (χ1v) is 11.3. The summed E-state index contributed by atoms with van der Waals surface area (Å²) < 4.78 is 1.11. The molecule has 1 amide bonds. The van der Waals surface area contributed by atoms with Crippen LogP contribution in [0.5, 0.6) is 0 Å². The van der Waals surface area contributed by atoms with E-state index >= 15 is 0 Å². The summed E-state index contributed by atoms with van der Waals surface area (Å²) in [6.07, 6.45) is 4.76. The maximum absolute atomic E-state index is 13.4. The molecule has 2 atom stereocenters. The van der Waals surface area contributed by atoms with Gasteiger partial charge in [-0.15, -0.1) is 23.7 Å². The molecule has 6 rings (SSSR count). The highest BCUT2D eigenvalue weighted by atomic mass is 35.5. The summed E-state index contributed by atoms with van der Waals surface area (Å²) in [6.45, 7) is 3.55. The topological polar surface area (TPSA) is 85.9 Å². The lowest BCUT2D eigenvalue weighted by molar-refractivity contribution is 0.0691. The number of piperazine rings is 1. The van der Waals surface area contributed by atoms with Gasteiger partial charge in [0.15, 0.2) is 5.82 Å². The molecule has 3 aromatic heterocycles. The average molecular weight is 445 g/mol. The molecule has 0 spiro atoms. The van der Waals surface area contributed by atoms with E-state index in [0.717, 1.165) is 47.4 Å². The van der Waals surface area contributed by atoms with E-state index in [0.29, 0.717) is 29.5 Å². The molecule has 2 aliphatic heterocycles. The largest absolute Gasteiger partial charge is 0.334 e. The van der Waals surface area contributed by atoms with Crippen molar-refractivity contribution >= 4 is 51.4 Å². The van der Waals surface area contributed by atoms with E-state index in [1.807, 2.05) is 11.8 Å². The van der Waals surface area contributed by atoms with Crippen molar-refractivity contribution in [1.29, 1.82) is 0 Å². The number of likely N-dealkylation sites (tertiary alicyclic amines) is 1. The van der Waals surface area contributed by atoms with Gasteiger partial charge < -0.3 is 15.5 Å². The summed E-state index contributed by atoms with van der Waals surface area (Å²) in [4.78, 5) is 20.2. The van der Waals surface area contributed by atoms with Gasteiger partial charge in [-0.05, 0) is 49.6 Å². The van der Waals surface area contributed by atoms with Crippen molar-refractivity contribution in [2.24, 2.45) is 0 Å². The fraction of sp³-hybridized carbons (Fsp3) is 0.476. The number of thiophene rings is 1. The number of fused-ring (bicyclic) bond motifs is 3. The number of amides is 1. The SMILES string of the molecule is Cc1c(C(=O)N2CC3CCC(C2)N3)nc(Nc2cc(C3CC3)[nH]n2)c2ccsc12.Cl. The van der Waals surface area contributed by atoms with Crippen molar-refractivity contribution in [3.63, 3.8) is 0 Å². The number of rotatable bonds is 4. The summed E-state index contributed by atoms with van der Waals surface area (Å²) >= 11 is 1.66. The first-order valence-electron chi connectivity index (χ1n) is 10.4. The quantitative estimate of drug-likeness (QED) is 0.567. The van der Waals surface area contributed by atoms with Gasteiger partial charge in [0.25, 0.3) is 5.91 Å². The number of nitrogens with one attached hydrogen (secondary N) is 3. The van der Waals surface area contributed by atoms with E-state index in [1.165, 1.54) is 18.5 Å². The van der Waals surface area contributed by atoms with Crippen molar-refractivity contribution < 1.29 is 4.79 Å². The molecule has 2 bridgehead atoms. The lowest BCUT2D eigenvalue weighted by Crippen LogP contribution is -2.53. The van der Waals surface area contributed by atoms with Crippen LogP contribution < -0.4 is 10.6 Å². The van der Waals surface area contributed by atoms with E-state index < -0.39 is 0 Å². The average Bonchev–Trinajstić information content (AvgIpc) is 3.12. The minimum Gasteiger partial charge on any atom is -0.334 e. The van der Waals surface area contributed by atoms with Crippen LogP contribution in [0.3, 0.4) is 0 Å². The smallest absolute Gasteiger partial charge is 0.272 e. The first kappa shape index (κ1) is 19.8. The van der Waals surface area contributed by atoms with E-state index in [2.05, 4.69) is 38.3 Å². The molecule has 3 N–H and O–H groups in total. The van der Waals surface area contributed by atoms with Gasteiger partial charge in [-0.2, -0.15) is 5.10 Å². The summed E-state index contributed by atoms with van der Waals surface area (Å²) in [7, 11) is 0. The summed E-state index contributed by atoms with van der Waals surface area (Å²) in [5.74, 6) is 2.13. The minimum absolute atomic E-state index is 0. The van der Waals surface area contributed by atoms with Crippen LogP contribution in [0.25, 0.3) is 10.1 Å². The summed E-state index contributed by atoms with van der Waals surface area (Å²) in [5.41, 5.74) is 2.70. The van der Waals surface area contributed by atoms with Crippen LogP contribution in [0, 0.1) is 6.92 Å². The number of H-pyrrole nitrogens is 1. The highest BCUT2D eigenvalue weighted by Gasteiger charge is 2.35. The van der Waals surface area contributed by atoms with E-state index in [1.54, 1.807) is 11.3 Å². The fourth-order valence-electron chi connectivity index (χ4n) is 4.69. The fourth-order valence-corrected chi connectivity index (χ4v) is 5.60. The van der Waals surface area contributed by atoms with Gasteiger partial charge in [0, 0.05) is 52.9 Å². The number of nitrogens with zero attached hydrogens (tertiary/aromatic N) is 3. The number of carbonyl (C=O) groups is 1. The molecule has 2 saturated heterocycles. The van der Waals surface area contributed by atoms with Crippen LogP contribution in [0.4, 0.5) is 11.6 Å². The Morgan fingerprint density at radius 1 is 1.23 bits per heavy atom. The summed E-state index contributed by atoms with van der Waals surface area (Å²) in [5, 5.41) is 17.6. The van der Waals surface area contributed by atoms with Gasteiger partial charge in [0.05, 0.1) is 0 Å². The Hall–Kier alpha value is -2.16. The lowest BCUT2D eigenvalue weighted by atomic mass is 10.1. The molecular weight excluding hydrogens is 420 g/mol. The molecule has 3 aromatic rings. The number of aromatic nitrogens is 3. The molecule has 5 heterocycles. The van der Waals surface area contributed by atoms with Gasteiger partial charge >= 0.3 is 0 Å². The van der Waals surface area contributed by atoms with Crippen LogP contribution in [-0.4, -0.2) is 51.2 Å². The van der Waals surface area contributed by atoms with E-state index in [-0.39, 0.29) is 18.3 Å². The molecule has 0 radical (unpaired) electrons. The summed E-state index contributed by atoms with van der Waals surface area (Å²) in [6, 6.07) is 4.97. The van der Waals surface area contributed by atoms with Gasteiger partial charge in [-0.1, -0.05) is 0 Å². The molecule has 30 heavy (non-hydrogen) atoms. The van der Waals surface area contributed by atoms with Crippen LogP contribution in [-0.2, 0) is 0 Å². The third-order valence-corrected chi connectivity index (χ3v) is 7.44. The second kappa shape index (κ2) is 7.51. The molecular formula is C21H25ClN6OS. The third kappa shape index (κ3) is 3.36. The number of carbonyl (C=O) groups excluding carboxylic acids is 1. The van der Waals surface area contributed by atoms with Crippen molar-refractivity contribution in [3.05, 3.63) is 34.5 Å². The lowest BCUT2D eigenvalue weighted by Gasteiger charge is -2.33. The first-order chi connectivity index (χ1) is 14.2. The number of anilines is 2. The molecule has 7 nitrogen and oxygen atoms in total. The molecule has 9 heteroatoms. The Labute approximate surface area is 185 Å². The number of hydrogen-bond donors (Lipinski definition) is 3. The van der Waals surface area contributed by atoms with Crippen molar-refractivity contribution in [2.45, 2.75) is 50.6 Å². The zero-order valence-electron chi connectivity index (χ0n) is 16.8. The normalized spacial score (nSPS) is 22.9. The van der Waals surface area contributed by atoms with Crippen molar-refractivity contribution in [3.8, 4) is 0 Å². The van der Waals surface area contributed by atoms with Gasteiger partial charge in [0.2, 0.25) is 0 Å². The molecule has 1 aliphatic carbocycles. The van der Waals surface area contributed by atoms with Crippen LogP contribution in [0.2, 0.25) is 0 Å². The second-order valence-electron chi connectivity index (χ2n) is 8.55. The monoisotopic (exact) mass is 444 g/mol. The van der Waals surface area contributed by atoms with Crippen LogP contribution >= 0.6 is 23.7 Å². The predicted octanol–water partition coefficient (Wildman–Crippen LogP) is 3.95. The van der Waals surface area contributed by atoms with E-state index in [4.69, 9.17) is 4.98 Å². The van der Waals surface area contributed by atoms with Gasteiger partial charge in [-0.3, -0.25) is 9.89 Å². The standard InChI is InChI=1S/C21H24N6OS.ClH/c1-11-18(21(28)27-9-13-4-5-14(10-27)22-13)24-20(15-6-7-29-19(11)15)23-17-8-16(25-26-17)12-2-3-12;/h6-8,12-14,22H,2-5,9-10H2,1H3,(H2,23,24,25,26);1H. The Kier molecular flexibility index (Phi) is 4.95. The molecule has 3 aliphatic rings. The number of pyridine rings is 1. The van der Waals surface area contributed by atoms with Crippen molar-refractivity contribution in [2.75, 3.05) is 18.4 Å². The van der Waals surface area contributed by atoms with Gasteiger partial charge in [0.1, 0.15) is 11.5 Å². The van der Waals surface area contributed by atoms with Crippen LogP contribution in [0.15, 0.2) is 17.5 Å². The zero-order valence-corrected chi connectivity index (χ0v) is 18.4. The Morgan fingerprint density at radius 2 is 2.00 bits per heavy atom. The Bertz CT molecular complexity index is 1090. The molecule has 3 fully saturated rings. The minimum atomic E-state index is 0. The molecule has 1 saturated carbocycles. The van der Waals surface area contributed by atoms with Crippen LogP contribution in [0.1, 0.15) is 53.3 Å². The molecule has 0 aromatic carbocycles. The highest BCUT2D eigenvalue weighted by Crippen LogP contribution is 2.40. The molecule has 2 unspecified atom stereocenters. The Morgan fingerprint density at radius 3 is 2.73 bits per heavy atom. The second-order valence-corrected chi connectivity index (χ2v) is 9.47. The van der Waals surface area contributed by atoms with E-state index in [9.17, 15) is 4.79 Å².